The Balaban J connectivity index is 1.16. The van der Waals surface area contributed by atoms with E-state index in [1.54, 1.807) is 0 Å². The number of aryl methyl sites for hydroxylation is 2. The molecule has 0 saturated heterocycles. The zero-order valence-corrected chi connectivity index (χ0v) is 25.7. The fourth-order valence-electron chi connectivity index (χ4n) is 7.70. The van der Waals surface area contributed by atoms with Crippen molar-refractivity contribution in [1.29, 1.82) is 0 Å². The summed E-state index contributed by atoms with van der Waals surface area (Å²) in [5, 5.41) is 6.03. The molecule has 6 aromatic carbocycles. The number of rotatable bonds is 3. The summed E-state index contributed by atoms with van der Waals surface area (Å²) in [6, 6.07) is 52.4. The Bertz CT molecular complexity index is 2700. The monoisotopic (exact) mass is 599 g/mol. The molecule has 3 nitrogen and oxygen atoms in total. The van der Waals surface area contributed by atoms with Gasteiger partial charge in [0.25, 0.3) is 0 Å². The van der Waals surface area contributed by atoms with Crippen LogP contribution in [0.25, 0.3) is 82.8 Å². The first-order chi connectivity index (χ1) is 23.3. The van der Waals surface area contributed by atoms with Crippen LogP contribution in [0.5, 0.6) is 0 Å². The first-order valence-corrected chi connectivity index (χ1v) is 16.3. The molecule has 1 aliphatic carbocycles. The maximum Gasteiger partial charge on any atom is 0.0788 e. The minimum Gasteiger partial charge on any atom is -0.309 e. The molecule has 0 atom stereocenters. The number of hydrogen-bond acceptors (Lipinski definition) is 2. The summed E-state index contributed by atoms with van der Waals surface area (Å²) in [6.45, 7) is 0. The van der Waals surface area contributed by atoms with E-state index in [1.165, 1.54) is 49.3 Å². The highest BCUT2D eigenvalue weighted by Crippen LogP contribution is 2.39. The highest BCUT2D eigenvalue weighted by Gasteiger charge is 2.19. The van der Waals surface area contributed by atoms with Crippen molar-refractivity contribution in [3.05, 3.63) is 163 Å². The zero-order valence-electron chi connectivity index (χ0n) is 25.7. The number of para-hydroxylation sites is 2. The van der Waals surface area contributed by atoms with Gasteiger partial charge in [0, 0.05) is 50.1 Å². The predicted octanol–water partition coefficient (Wildman–Crippen LogP) is 11.0. The second-order valence-electron chi connectivity index (χ2n) is 12.5. The average molecular weight is 600 g/mol. The Morgan fingerprint density at radius 1 is 0.468 bits per heavy atom. The quantitative estimate of drug-likeness (QED) is 0.189. The van der Waals surface area contributed by atoms with Gasteiger partial charge in [0.2, 0.25) is 0 Å². The third-order valence-electron chi connectivity index (χ3n) is 9.92. The SMILES string of the molecule is c1cc(-c2cc3c(cn2)-c2ccccc2CC3)cc(-n2c3ccccc3c3ccc(-c4nc5ccccc5c5ccccc45)cc32)c1. The average Bonchev–Trinajstić information content (AvgIpc) is 3.48. The van der Waals surface area contributed by atoms with Crippen LogP contribution in [0, 0.1) is 0 Å². The first kappa shape index (κ1) is 26.2. The number of nitrogens with zero attached hydrogens (tertiary/aromatic N) is 3. The van der Waals surface area contributed by atoms with Crippen molar-refractivity contribution in [2.75, 3.05) is 0 Å². The lowest BCUT2D eigenvalue weighted by molar-refractivity contribution is 0.937. The maximum absolute atomic E-state index is 5.22. The highest BCUT2D eigenvalue weighted by molar-refractivity contribution is 6.13. The normalized spacial score (nSPS) is 12.5. The van der Waals surface area contributed by atoms with Crippen molar-refractivity contribution in [2.24, 2.45) is 0 Å². The largest absolute Gasteiger partial charge is 0.309 e. The summed E-state index contributed by atoms with van der Waals surface area (Å²) in [5.74, 6) is 0. The van der Waals surface area contributed by atoms with E-state index in [0.717, 1.165) is 57.5 Å². The van der Waals surface area contributed by atoms with Crippen LogP contribution in [0.4, 0.5) is 0 Å². The van der Waals surface area contributed by atoms with Crippen molar-refractivity contribution in [2.45, 2.75) is 12.8 Å². The van der Waals surface area contributed by atoms with Gasteiger partial charge in [-0.2, -0.15) is 0 Å². The molecular formula is C44H29N3. The van der Waals surface area contributed by atoms with Crippen LogP contribution in [0.2, 0.25) is 0 Å². The van der Waals surface area contributed by atoms with Gasteiger partial charge < -0.3 is 4.57 Å². The first-order valence-electron chi connectivity index (χ1n) is 16.3. The van der Waals surface area contributed by atoms with Gasteiger partial charge >= 0.3 is 0 Å². The van der Waals surface area contributed by atoms with Gasteiger partial charge in [0.05, 0.1) is 27.9 Å². The number of pyridine rings is 2. The molecule has 9 aromatic rings. The van der Waals surface area contributed by atoms with Gasteiger partial charge in [-0.05, 0) is 71.3 Å². The molecule has 0 aliphatic heterocycles. The summed E-state index contributed by atoms with van der Waals surface area (Å²) in [7, 11) is 0. The van der Waals surface area contributed by atoms with Crippen LogP contribution in [0.3, 0.4) is 0 Å². The van der Waals surface area contributed by atoms with Crippen LogP contribution in [0.15, 0.2) is 152 Å². The molecule has 47 heavy (non-hydrogen) atoms. The molecule has 0 fully saturated rings. The summed E-state index contributed by atoms with van der Waals surface area (Å²) >= 11 is 0. The maximum atomic E-state index is 5.22. The molecule has 10 rings (SSSR count). The number of aromatic nitrogens is 3. The third-order valence-corrected chi connectivity index (χ3v) is 9.92. The molecule has 220 valence electrons. The van der Waals surface area contributed by atoms with Crippen molar-refractivity contribution in [3.63, 3.8) is 0 Å². The van der Waals surface area contributed by atoms with E-state index < -0.39 is 0 Å². The minimum absolute atomic E-state index is 1.01. The smallest absolute Gasteiger partial charge is 0.0788 e. The van der Waals surface area contributed by atoms with Gasteiger partial charge in [0.1, 0.15) is 0 Å². The van der Waals surface area contributed by atoms with Crippen molar-refractivity contribution < 1.29 is 0 Å². The van der Waals surface area contributed by atoms with Crippen molar-refractivity contribution >= 4 is 43.5 Å². The molecule has 0 spiro atoms. The lowest BCUT2D eigenvalue weighted by Crippen LogP contribution is -2.05. The van der Waals surface area contributed by atoms with Crippen LogP contribution >= 0.6 is 0 Å². The Hall–Kier alpha value is -6.06. The lowest BCUT2D eigenvalue weighted by Gasteiger charge is -2.20. The molecule has 0 saturated carbocycles. The minimum atomic E-state index is 1.01. The third kappa shape index (κ3) is 4.06. The molecule has 3 heterocycles. The molecule has 0 amide bonds. The van der Waals surface area contributed by atoms with Gasteiger partial charge in [-0.3, -0.25) is 4.98 Å². The summed E-state index contributed by atoms with van der Waals surface area (Å²) < 4.78 is 2.40. The van der Waals surface area contributed by atoms with Crippen molar-refractivity contribution in [1.82, 2.24) is 14.5 Å². The van der Waals surface area contributed by atoms with Gasteiger partial charge in [-0.15, -0.1) is 0 Å². The van der Waals surface area contributed by atoms with Crippen LogP contribution in [-0.4, -0.2) is 14.5 Å². The molecule has 1 aliphatic rings. The van der Waals surface area contributed by atoms with E-state index in [9.17, 15) is 0 Å². The van der Waals surface area contributed by atoms with Crippen LogP contribution in [-0.2, 0) is 12.8 Å². The van der Waals surface area contributed by atoms with Crippen LogP contribution in [0.1, 0.15) is 11.1 Å². The summed E-state index contributed by atoms with van der Waals surface area (Å²) in [5.41, 5.74) is 14.1. The van der Waals surface area contributed by atoms with E-state index >= 15 is 0 Å². The second-order valence-corrected chi connectivity index (χ2v) is 12.5. The van der Waals surface area contributed by atoms with E-state index in [-0.39, 0.29) is 0 Å². The number of fused-ring (bicyclic) bond motifs is 9. The molecule has 0 bridgehead atoms. The standard InChI is InChI=1S/C44H29N3/c1-2-13-33-28(10-1)20-21-29-25-41(45-27-39(29)33)30-11-9-12-32(24-30)47-42-19-8-6-16-36(42)37-23-22-31(26-43(37)47)44-38-17-4-3-14-34(38)35-15-5-7-18-40(35)46-44/h1-19,22-27H,20-21H2. The van der Waals surface area contributed by atoms with E-state index in [1.807, 2.05) is 0 Å². The van der Waals surface area contributed by atoms with Crippen molar-refractivity contribution in [3.8, 4) is 39.3 Å². The Morgan fingerprint density at radius 3 is 2.15 bits per heavy atom. The van der Waals surface area contributed by atoms with Crippen LogP contribution < -0.4 is 0 Å². The van der Waals surface area contributed by atoms with E-state index in [2.05, 4.69) is 156 Å². The Kier molecular flexibility index (Phi) is 5.70. The number of hydrogen-bond donors (Lipinski definition) is 0. The Labute approximate surface area is 272 Å². The molecular weight excluding hydrogens is 571 g/mol. The number of benzene rings is 6. The van der Waals surface area contributed by atoms with E-state index in [0.29, 0.717) is 0 Å². The topological polar surface area (TPSA) is 30.7 Å². The fourth-order valence-corrected chi connectivity index (χ4v) is 7.70. The molecule has 3 aromatic heterocycles. The highest BCUT2D eigenvalue weighted by atomic mass is 15.0. The Morgan fingerprint density at radius 2 is 1.21 bits per heavy atom. The predicted molar refractivity (Wildman–Crippen MR) is 195 cm³/mol. The summed E-state index contributed by atoms with van der Waals surface area (Å²) in [6.07, 6.45) is 4.18. The molecule has 3 heteroatoms. The van der Waals surface area contributed by atoms with Gasteiger partial charge in [-0.25, -0.2) is 4.98 Å². The van der Waals surface area contributed by atoms with Gasteiger partial charge in [-0.1, -0.05) is 109 Å². The molecule has 0 radical (unpaired) electrons. The zero-order chi connectivity index (χ0) is 30.9. The second kappa shape index (κ2) is 10.2. The summed E-state index contributed by atoms with van der Waals surface area (Å²) in [4.78, 5) is 10.2. The lowest BCUT2D eigenvalue weighted by atomic mass is 9.86. The van der Waals surface area contributed by atoms with E-state index in [4.69, 9.17) is 9.97 Å². The van der Waals surface area contributed by atoms with Gasteiger partial charge in [0.15, 0.2) is 0 Å². The fraction of sp³-hybridized carbons (Fsp3) is 0.0455. The molecule has 0 unspecified atom stereocenters. The molecule has 0 N–H and O–H groups in total.